The standard InChI is InChI=1S/C25H29N3O2/c1-17-13-18(2)22-15-19(24(29)27-23(22)14-17)16-28(21-11-7-4-8-12-21)25(30)26-20-9-5-3-6-10-20/h3,5-6,9-10,13-15,21H,4,7-8,11-12,16H2,1-2H3,(H,26,30)(H,27,29). The lowest BCUT2D eigenvalue weighted by Crippen LogP contribution is -2.44. The minimum atomic E-state index is -0.145. The first-order valence-corrected chi connectivity index (χ1v) is 10.8. The van der Waals surface area contributed by atoms with Gasteiger partial charge in [0.15, 0.2) is 0 Å². The predicted octanol–water partition coefficient (Wildman–Crippen LogP) is 5.51. The summed E-state index contributed by atoms with van der Waals surface area (Å²) in [7, 11) is 0. The van der Waals surface area contributed by atoms with E-state index in [9.17, 15) is 9.59 Å². The molecule has 1 aliphatic carbocycles. The Morgan fingerprint density at radius 1 is 1.07 bits per heavy atom. The fourth-order valence-corrected chi connectivity index (χ4v) is 4.49. The Morgan fingerprint density at radius 2 is 1.80 bits per heavy atom. The molecule has 1 aromatic heterocycles. The van der Waals surface area contributed by atoms with Crippen molar-refractivity contribution in [2.75, 3.05) is 5.32 Å². The molecule has 156 valence electrons. The highest BCUT2D eigenvalue weighted by atomic mass is 16.2. The van der Waals surface area contributed by atoms with Crippen molar-refractivity contribution in [3.8, 4) is 0 Å². The Balaban J connectivity index is 1.66. The van der Waals surface area contributed by atoms with Crippen molar-refractivity contribution in [2.45, 2.75) is 58.5 Å². The van der Waals surface area contributed by atoms with Crippen LogP contribution in [0.4, 0.5) is 10.5 Å². The summed E-state index contributed by atoms with van der Waals surface area (Å²) < 4.78 is 0. The SMILES string of the molecule is Cc1cc(C)c2cc(CN(C(=O)Nc3ccccc3)C3CCCCC3)c(=O)[nH]c2c1. The molecule has 1 fully saturated rings. The van der Waals surface area contributed by atoms with E-state index < -0.39 is 0 Å². The first kappa shape index (κ1) is 20.2. The van der Waals surface area contributed by atoms with Gasteiger partial charge in [0.25, 0.3) is 5.56 Å². The highest BCUT2D eigenvalue weighted by molar-refractivity contribution is 5.89. The maximum Gasteiger partial charge on any atom is 0.322 e. The molecule has 2 N–H and O–H groups in total. The van der Waals surface area contributed by atoms with Gasteiger partial charge in [-0.2, -0.15) is 0 Å². The molecule has 30 heavy (non-hydrogen) atoms. The number of aromatic amines is 1. The molecule has 1 heterocycles. The van der Waals surface area contributed by atoms with Crippen LogP contribution in [0.15, 0.2) is 53.3 Å². The predicted molar refractivity (Wildman–Crippen MR) is 122 cm³/mol. The number of nitrogens with zero attached hydrogens (tertiary/aromatic N) is 1. The van der Waals surface area contributed by atoms with E-state index in [-0.39, 0.29) is 17.6 Å². The van der Waals surface area contributed by atoms with Gasteiger partial charge in [0.2, 0.25) is 0 Å². The number of fused-ring (bicyclic) bond motifs is 1. The summed E-state index contributed by atoms with van der Waals surface area (Å²) in [4.78, 5) is 30.9. The lowest BCUT2D eigenvalue weighted by Gasteiger charge is -2.34. The number of hydrogen-bond donors (Lipinski definition) is 2. The quantitative estimate of drug-likeness (QED) is 0.603. The van der Waals surface area contributed by atoms with Gasteiger partial charge < -0.3 is 15.2 Å². The number of benzene rings is 2. The summed E-state index contributed by atoms with van der Waals surface area (Å²) in [5.41, 5.74) is 4.36. The normalized spacial score (nSPS) is 14.6. The van der Waals surface area contributed by atoms with Gasteiger partial charge in [-0.3, -0.25) is 4.79 Å². The van der Waals surface area contributed by atoms with Crippen LogP contribution in [0.5, 0.6) is 0 Å². The van der Waals surface area contributed by atoms with Gasteiger partial charge in [-0.05, 0) is 62.1 Å². The lowest BCUT2D eigenvalue weighted by atomic mass is 9.94. The van der Waals surface area contributed by atoms with Crippen LogP contribution >= 0.6 is 0 Å². The van der Waals surface area contributed by atoms with Gasteiger partial charge >= 0.3 is 6.03 Å². The summed E-state index contributed by atoms with van der Waals surface area (Å²) in [6, 6.07) is 15.6. The van der Waals surface area contributed by atoms with E-state index in [0.29, 0.717) is 12.1 Å². The molecule has 0 spiro atoms. The molecule has 0 aliphatic heterocycles. The molecule has 3 aromatic rings. The summed E-state index contributed by atoms with van der Waals surface area (Å²) in [6.07, 6.45) is 5.40. The number of aryl methyl sites for hydroxylation is 2. The number of anilines is 1. The van der Waals surface area contributed by atoms with Crippen LogP contribution < -0.4 is 10.9 Å². The Hall–Kier alpha value is -3.08. The Labute approximate surface area is 177 Å². The van der Waals surface area contributed by atoms with Crippen molar-refractivity contribution in [1.29, 1.82) is 0 Å². The van der Waals surface area contributed by atoms with Gasteiger partial charge in [0.1, 0.15) is 0 Å². The molecule has 2 aromatic carbocycles. The number of para-hydroxylation sites is 1. The van der Waals surface area contributed by atoms with Crippen LogP contribution in [0.25, 0.3) is 10.9 Å². The third-order valence-corrected chi connectivity index (χ3v) is 6.03. The zero-order valence-corrected chi connectivity index (χ0v) is 17.7. The van der Waals surface area contributed by atoms with Crippen LogP contribution in [0.1, 0.15) is 48.8 Å². The fraction of sp³-hybridized carbons (Fsp3) is 0.360. The smallest absolute Gasteiger partial charge is 0.322 e. The number of nitrogens with one attached hydrogen (secondary N) is 2. The van der Waals surface area contributed by atoms with Crippen LogP contribution in [0.3, 0.4) is 0 Å². The van der Waals surface area contributed by atoms with Crippen molar-refractivity contribution in [2.24, 2.45) is 0 Å². The zero-order valence-electron chi connectivity index (χ0n) is 17.7. The van der Waals surface area contributed by atoms with E-state index in [4.69, 9.17) is 0 Å². The third kappa shape index (κ3) is 4.40. The second-order valence-electron chi connectivity index (χ2n) is 8.38. The van der Waals surface area contributed by atoms with Gasteiger partial charge in [0, 0.05) is 28.2 Å². The number of H-pyrrole nitrogens is 1. The molecule has 0 atom stereocenters. The molecular weight excluding hydrogens is 374 g/mol. The summed E-state index contributed by atoms with van der Waals surface area (Å²) in [5.74, 6) is 0. The van der Waals surface area contributed by atoms with E-state index in [1.54, 1.807) is 0 Å². The Bertz CT molecular complexity index is 1100. The number of pyridine rings is 1. The van der Waals surface area contributed by atoms with Gasteiger partial charge in [-0.25, -0.2) is 4.79 Å². The largest absolute Gasteiger partial charge is 0.322 e. The molecule has 0 radical (unpaired) electrons. The van der Waals surface area contributed by atoms with Crippen molar-refractivity contribution in [1.82, 2.24) is 9.88 Å². The van der Waals surface area contributed by atoms with Crippen LogP contribution in [0.2, 0.25) is 0 Å². The molecule has 4 rings (SSSR count). The van der Waals surface area contributed by atoms with Gasteiger partial charge in [0.05, 0.1) is 6.54 Å². The topological polar surface area (TPSA) is 65.2 Å². The monoisotopic (exact) mass is 403 g/mol. The highest BCUT2D eigenvalue weighted by Gasteiger charge is 2.26. The highest BCUT2D eigenvalue weighted by Crippen LogP contribution is 2.26. The molecule has 2 amide bonds. The molecule has 0 bridgehead atoms. The van der Waals surface area contributed by atoms with E-state index in [1.165, 1.54) is 6.42 Å². The second kappa shape index (κ2) is 8.74. The van der Waals surface area contributed by atoms with Gasteiger partial charge in [-0.15, -0.1) is 0 Å². The molecule has 0 saturated heterocycles. The van der Waals surface area contributed by atoms with Gasteiger partial charge in [-0.1, -0.05) is 43.5 Å². The molecule has 1 aliphatic rings. The molecule has 5 nitrogen and oxygen atoms in total. The number of aromatic nitrogens is 1. The Morgan fingerprint density at radius 3 is 2.53 bits per heavy atom. The van der Waals surface area contributed by atoms with Crippen molar-refractivity contribution >= 4 is 22.6 Å². The Kier molecular flexibility index (Phi) is 5.88. The van der Waals surface area contributed by atoms with Crippen molar-refractivity contribution in [3.63, 3.8) is 0 Å². The first-order valence-electron chi connectivity index (χ1n) is 10.8. The van der Waals surface area contributed by atoms with Crippen LogP contribution in [0, 0.1) is 13.8 Å². The second-order valence-corrected chi connectivity index (χ2v) is 8.38. The minimum Gasteiger partial charge on any atom is -0.322 e. The van der Waals surface area contributed by atoms with Crippen LogP contribution in [-0.4, -0.2) is 22.0 Å². The van der Waals surface area contributed by atoms with E-state index in [1.807, 2.05) is 54.3 Å². The van der Waals surface area contributed by atoms with E-state index in [0.717, 1.165) is 53.4 Å². The lowest BCUT2D eigenvalue weighted by molar-refractivity contribution is 0.162. The third-order valence-electron chi connectivity index (χ3n) is 6.03. The van der Waals surface area contributed by atoms with E-state index >= 15 is 0 Å². The number of amides is 2. The first-order chi connectivity index (χ1) is 14.5. The number of rotatable bonds is 4. The van der Waals surface area contributed by atoms with Crippen molar-refractivity contribution < 1.29 is 4.79 Å². The zero-order chi connectivity index (χ0) is 21.1. The minimum absolute atomic E-state index is 0.124. The fourth-order valence-electron chi connectivity index (χ4n) is 4.49. The van der Waals surface area contributed by atoms with Crippen LogP contribution in [-0.2, 0) is 6.54 Å². The number of carbonyl (C=O) groups excluding carboxylic acids is 1. The number of carbonyl (C=O) groups is 1. The average Bonchev–Trinajstić information content (AvgIpc) is 2.73. The summed E-state index contributed by atoms with van der Waals surface area (Å²) in [5, 5.41) is 4.04. The van der Waals surface area contributed by atoms with Crippen molar-refractivity contribution in [3.05, 3.63) is 75.6 Å². The molecule has 1 saturated carbocycles. The summed E-state index contributed by atoms with van der Waals surface area (Å²) >= 11 is 0. The summed E-state index contributed by atoms with van der Waals surface area (Å²) in [6.45, 7) is 4.39. The molecular formula is C25H29N3O2. The number of urea groups is 1. The molecule has 5 heteroatoms. The average molecular weight is 404 g/mol. The maximum absolute atomic E-state index is 13.2. The number of hydrogen-bond acceptors (Lipinski definition) is 2. The molecule has 0 unspecified atom stereocenters. The maximum atomic E-state index is 13.2. The van der Waals surface area contributed by atoms with E-state index in [2.05, 4.69) is 23.3 Å².